The van der Waals surface area contributed by atoms with Gasteiger partial charge in [0.2, 0.25) is 0 Å². The van der Waals surface area contributed by atoms with Gasteiger partial charge in [-0.1, -0.05) is 0 Å². The van der Waals surface area contributed by atoms with Crippen molar-refractivity contribution in [3.05, 3.63) is 57.8 Å². The zero-order valence-corrected chi connectivity index (χ0v) is 12.1. The van der Waals surface area contributed by atoms with Crippen molar-refractivity contribution >= 4 is 15.9 Å². The maximum absolute atomic E-state index is 13.4. The van der Waals surface area contributed by atoms with E-state index in [1.54, 1.807) is 0 Å². The van der Waals surface area contributed by atoms with Gasteiger partial charge in [0, 0.05) is 12.6 Å². The third-order valence-electron chi connectivity index (χ3n) is 2.73. The van der Waals surface area contributed by atoms with Gasteiger partial charge in [-0.25, -0.2) is 4.39 Å². The van der Waals surface area contributed by atoms with Crippen LogP contribution in [-0.2, 0) is 12.7 Å². The summed E-state index contributed by atoms with van der Waals surface area (Å²) in [4.78, 5) is 0. The Kier molecular flexibility index (Phi) is 4.53. The van der Waals surface area contributed by atoms with Gasteiger partial charge in [-0.2, -0.15) is 13.2 Å². The van der Waals surface area contributed by atoms with Crippen molar-refractivity contribution in [3.63, 3.8) is 0 Å². The molecule has 2 rings (SSSR count). The molecule has 0 radical (unpaired) electrons. The first-order valence-corrected chi connectivity index (χ1v) is 6.63. The Morgan fingerprint density at radius 2 is 1.67 bits per heavy atom. The number of hydrogen-bond acceptors (Lipinski definition) is 2. The molecule has 0 heterocycles. The van der Waals surface area contributed by atoms with E-state index in [1.807, 2.05) is 0 Å². The summed E-state index contributed by atoms with van der Waals surface area (Å²) >= 11 is 3.00. The first-order valence-electron chi connectivity index (χ1n) is 5.84. The molecule has 0 aliphatic rings. The Morgan fingerprint density at radius 1 is 1.05 bits per heavy atom. The zero-order valence-electron chi connectivity index (χ0n) is 10.5. The summed E-state index contributed by atoms with van der Waals surface area (Å²) in [5.41, 5.74) is 4.44. The molecule has 0 saturated heterocycles. The highest BCUT2D eigenvalue weighted by Crippen LogP contribution is 2.35. The summed E-state index contributed by atoms with van der Waals surface area (Å²) in [5, 5.41) is 0. The van der Waals surface area contributed by atoms with Crippen LogP contribution >= 0.6 is 15.9 Å². The highest BCUT2D eigenvalue weighted by atomic mass is 79.9. The highest BCUT2D eigenvalue weighted by Gasteiger charge is 2.33. The lowest BCUT2D eigenvalue weighted by Crippen LogP contribution is -2.11. The molecule has 0 spiro atoms. The first kappa shape index (κ1) is 15.8. The average Bonchev–Trinajstić information content (AvgIpc) is 2.41. The van der Waals surface area contributed by atoms with Gasteiger partial charge in [0.15, 0.2) is 0 Å². The molecule has 0 aliphatic heterocycles. The lowest BCUT2D eigenvalue weighted by Gasteiger charge is -2.13. The van der Waals surface area contributed by atoms with Gasteiger partial charge in [-0.05, 0) is 51.8 Å². The predicted molar refractivity (Wildman–Crippen MR) is 73.5 cm³/mol. The third kappa shape index (κ3) is 3.74. The Hall–Kier alpha value is -1.60. The molecule has 0 bridgehead atoms. The first-order chi connectivity index (χ1) is 9.81. The summed E-state index contributed by atoms with van der Waals surface area (Å²) in [5.74, 6) is -0.193. The van der Waals surface area contributed by atoms with E-state index in [9.17, 15) is 17.6 Å². The predicted octanol–water partition coefficient (Wildman–Crippen LogP) is 4.86. The Bertz CT molecular complexity index is 658. The molecule has 0 amide bonds. The van der Waals surface area contributed by atoms with E-state index in [-0.39, 0.29) is 28.1 Å². The van der Waals surface area contributed by atoms with Crippen molar-refractivity contribution in [1.29, 1.82) is 0 Å². The molecule has 0 saturated carbocycles. The zero-order chi connectivity index (χ0) is 15.6. The van der Waals surface area contributed by atoms with Crippen molar-refractivity contribution in [3.8, 4) is 11.5 Å². The van der Waals surface area contributed by atoms with Crippen LogP contribution in [0.2, 0.25) is 0 Å². The van der Waals surface area contributed by atoms with Crippen LogP contribution in [0.5, 0.6) is 11.5 Å². The second-order valence-electron chi connectivity index (χ2n) is 4.20. The second kappa shape index (κ2) is 6.03. The van der Waals surface area contributed by atoms with Crippen LogP contribution < -0.4 is 10.5 Å². The lowest BCUT2D eigenvalue weighted by molar-refractivity contribution is -0.138. The molecule has 2 aromatic carbocycles. The Balaban J connectivity index is 2.31. The van der Waals surface area contributed by atoms with E-state index in [4.69, 9.17) is 10.5 Å². The molecular weight excluding hydrogens is 354 g/mol. The van der Waals surface area contributed by atoms with Crippen molar-refractivity contribution in [2.45, 2.75) is 12.7 Å². The summed E-state index contributed by atoms with van der Waals surface area (Å²) in [6.45, 7) is -0.277. The maximum atomic E-state index is 13.4. The van der Waals surface area contributed by atoms with Gasteiger partial charge in [0.1, 0.15) is 17.3 Å². The number of nitrogens with two attached hydrogens (primary N) is 1. The molecule has 0 aliphatic carbocycles. The van der Waals surface area contributed by atoms with Crippen LogP contribution in [0.3, 0.4) is 0 Å². The highest BCUT2D eigenvalue weighted by molar-refractivity contribution is 9.10. The van der Waals surface area contributed by atoms with Crippen molar-refractivity contribution < 1.29 is 22.3 Å². The summed E-state index contributed by atoms with van der Waals surface area (Å²) in [6, 6.07) is 7.33. The quantitative estimate of drug-likeness (QED) is 0.790. The molecule has 0 unspecified atom stereocenters. The van der Waals surface area contributed by atoms with Crippen LogP contribution in [-0.4, -0.2) is 0 Å². The van der Waals surface area contributed by atoms with Crippen molar-refractivity contribution in [2.75, 3.05) is 0 Å². The molecule has 2 aromatic rings. The third-order valence-corrected chi connectivity index (χ3v) is 3.37. The number of rotatable bonds is 3. The van der Waals surface area contributed by atoms with E-state index in [0.29, 0.717) is 0 Å². The Labute approximate surface area is 126 Å². The number of ether oxygens (including phenoxy) is 1. The number of halogens is 5. The molecule has 112 valence electrons. The van der Waals surface area contributed by atoms with Crippen LogP contribution in [0.15, 0.2) is 40.9 Å². The van der Waals surface area contributed by atoms with E-state index in [1.165, 1.54) is 24.3 Å². The fourth-order valence-corrected chi connectivity index (χ4v) is 2.00. The van der Waals surface area contributed by atoms with Crippen LogP contribution in [0.1, 0.15) is 11.1 Å². The number of hydrogen-bond donors (Lipinski definition) is 1. The lowest BCUT2D eigenvalue weighted by atomic mass is 10.1. The SMILES string of the molecule is NCc1cc(Oc2ccc(Br)c(F)c2)ccc1C(F)(F)F. The molecular formula is C14H10BrF4NO. The molecule has 7 heteroatoms. The van der Waals surface area contributed by atoms with E-state index < -0.39 is 17.6 Å². The fourth-order valence-electron chi connectivity index (χ4n) is 1.76. The minimum Gasteiger partial charge on any atom is -0.457 e. The van der Waals surface area contributed by atoms with Crippen LogP contribution in [0.25, 0.3) is 0 Å². The number of benzene rings is 2. The maximum Gasteiger partial charge on any atom is 0.416 e. The average molecular weight is 364 g/mol. The minimum absolute atomic E-state index is 0.0856. The van der Waals surface area contributed by atoms with E-state index in [0.717, 1.165) is 12.1 Å². The number of alkyl halides is 3. The molecule has 0 aromatic heterocycles. The molecule has 0 fully saturated rings. The normalized spacial score (nSPS) is 11.5. The molecule has 0 atom stereocenters. The Morgan fingerprint density at radius 3 is 2.24 bits per heavy atom. The van der Waals surface area contributed by atoms with Gasteiger partial charge in [0.05, 0.1) is 10.0 Å². The molecule has 2 N–H and O–H groups in total. The second-order valence-corrected chi connectivity index (χ2v) is 5.05. The summed E-state index contributed by atoms with van der Waals surface area (Å²) < 4.78 is 57.2. The summed E-state index contributed by atoms with van der Waals surface area (Å²) in [6.07, 6.45) is -4.48. The van der Waals surface area contributed by atoms with Crippen molar-refractivity contribution in [1.82, 2.24) is 0 Å². The van der Waals surface area contributed by atoms with Gasteiger partial charge in [-0.15, -0.1) is 0 Å². The van der Waals surface area contributed by atoms with Crippen LogP contribution in [0, 0.1) is 5.82 Å². The van der Waals surface area contributed by atoms with E-state index >= 15 is 0 Å². The van der Waals surface area contributed by atoms with Gasteiger partial charge in [-0.3, -0.25) is 0 Å². The topological polar surface area (TPSA) is 35.2 Å². The van der Waals surface area contributed by atoms with Gasteiger partial charge < -0.3 is 10.5 Å². The van der Waals surface area contributed by atoms with Crippen molar-refractivity contribution in [2.24, 2.45) is 5.73 Å². The standard InChI is InChI=1S/C14H10BrF4NO/c15-12-4-2-10(6-13(12)16)21-9-1-3-11(14(17,18)19)8(5-9)7-20/h1-6H,7,20H2. The smallest absolute Gasteiger partial charge is 0.416 e. The molecule has 21 heavy (non-hydrogen) atoms. The van der Waals surface area contributed by atoms with E-state index in [2.05, 4.69) is 15.9 Å². The fraction of sp³-hybridized carbons (Fsp3) is 0.143. The largest absolute Gasteiger partial charge is 0.457 e. The van der Waals surface area contributed by atoms with Gasteiger partial charge in [0.25, 0.3) is 0 Å². The minimum atomic E-state index is -4.48. The molecule has 2 nitrogen and oxygen atoms in total. The monoisotopic (exact) mass is 363 g/mol. The van der Waals surface area contributed by atoms with Gasteiger partial charge >= 0.3 is 6.18 Å². The summed E-state index contributed by atoms with van der Waals surface area (Å²) in [7, 11) is 0. The van der Waals surface area contributed by atoms with Crippen LogP contribution in [0.4, 0.5) is 17.6 Å².